The lowest BCUT2D eigenvalue weighted by Gasteiger charge is -2.10. The van der Waals surface area contributed by atoms with Crippen LogP contribution >= 0.6 is 22.6 Å². The molecular formula is C11H11F2I. The summed E-state index contributed by atoms with van der Waals surface area (Å²) in [6.45, 7) is 3.91. The molecule has 0 saturated carbocycles. The van der Waals surface area contributed by atoms with E-state index in [2.05, 4.69) is 0 Å². The van der Waals surface area contributed by atoms with E-state index in [9.17, 15) is 8.78 Å². The maximum atomic E-state index is 13.4. The Bertz CT molecular complexity index is 352. The average molecular weight is 308 g/mol. The van der Waals surface area contributed by atoms with Crippen molar-refractivity contribution in [3.05, 3.63) is 39.2 Å². The predicted molar refractivity (Wildman–Crippen MR) is 63.7 cm³/mol. The predicted octanol–water partition coefficient (Wildman–Crippen LogP) is 4.81. The van der Waals surface area contributed by atoms with E-state index in [0.29, 0.717) is 5.56 Å². The molecule has 14 heavy (non-hydrogen) atoms. The third-order valence-electron chi connectivity index (χ3n) is 1.99. The molecule has 0 aliphatic heterocycles. The molecule has 0 nitrogen and oxygen atoms in total. The molecule has 0 aliphatic rings. The Morgan fingerprint density at radius 3 is 2.29 bits per heavy atom. The van der Waals surface area contributed by atoms with Crippen LogP contribution in [0.15, 0.2) is 28.1 Å². The summed E-state index contributed by atoms with van der Waals surface area (Å²) in [4.78, 5) is 0. The van der Waals surface area contributed by atoms with Crippen molar-refractivity contribution in [2.45, 2.75) is 19.8 Å². The smallest absolute Gasteiger partial charge is 0.196 e. The molecule has 0 atom stereocenters. The molecular weight excluding hydrogens is 297 g/mol. The second-order valence-electron chi connectivity index (χ2n) is 3.32. The Kier molecular flexibility index (Phi) is 4.04. The zero-order valence-corrected chi connectivity index (χ0v) is 10.2. The van der Waals surface area contributed by atoms with Gasteiger partial charge in [-0.25, -0.2) is 4.39 Å². The van der Waals surface area contributed by atoms with E-state index in [1.807, 2.05) is 26.0 Å². The van der Waals surface area contributed by atoms with Gasteiger partial charge in [-0.3, -0.25) is 0 Å². The summed E-state index contributed by atoms with van der Waals surface area (Å²) in [6.07, 6.45) is 0. The summed E-state index contributed by atoms with van der Waals surface area (Å²) in [5.74, 6) is -0.581. The van der Waals surface area contributed by atoms with Gasteiger partial charge in [-0.15, -0.1) is 0 Å². The van der Waals surface area contributed by atoms with Crippen molar-refractivity contribution < 1.29 is 8.78 Å². The SMILES string of the molecule is CC(C)c1ccccc1/C(F)=C(/F)I. The van der Waals surface area contributed by atoms with Crippen molar-refractivity contribution in [2.75, 3.05) is 0 Å². The monoisotopic (exact) mass is 308 g/mol. The van der Waals surface area contributed by atoms with Crippen LogP contribution in [-0.4, -0.2) is 0 Å². The highest BCUT2D eigenvalue weighted by atomic mass is 127. The molecule has 1 aromatic rings. The first-order valence-electron chi connectivity index (χ1n) is 4.34. The highest BCUT2D eigenvalue weighted by Crippen LogP contribution is 2.31. The first-order valence-corrected chi connectivity index (χ1v) is 5.42. The second kappa shape index (κ2) is 4.87. The van der Waals surface area contributed by atoms with Gasteiger partial charge in [0.15, 0.2) is 9.66 Å². The van der Waals surface area contributed by atoms with Crippen LogP contribution in [0.25, 0.3) is 5.83 Å². The molecule has 0 bridgehead atoms. The topological polar surface area (TPSA) is 0 Å². The average Bonchev–Trinajstić information content (AvgIpc) is 2.16. The molecule has 1 aromatic carbocycles. The summed E-state index contributed by atoms with van der Waals surface area (Å²) in [7, 11) is 0. The fourth-order valence-corrected chi connectivity index (χ4v) is 1.59. The molecule has 0 unspecified atom stereocenters. The van der Waals surface area contributed by atoms with E-state index in [0.717, 1.165) is 5.56 Å². The fraction of sp³-hybridized carbons (Fsp3) is 0.273. The quantitative estimate of drug-likeness (QED) is 0.688. The summed E-state index contributed by atoms with van der Waals surface area (Å²) in [5.41, 5.74) is 1.19. The number of hydrogen-bond acceptors (Lipinski definition) is 0. The minimum Gasteiger partial charge on any atom is -0.203 e. The molecule has 0 aliphatic carbocycles. The van der Waals surface area contributed by atoms with Crippen LogP contribution in [0.5, 0.6) is 0 Å². The van der Waals surface area contributed by atoms with Crippen molar-refractivity contribution in [2.24, 2.45) is 0 Å². The van der Waals surface area contributed by atoms with Crippen molar-refractivity contribution in [1.82, 2.24) is 0 Å². The largest absolute Gasteiger partial charge is 0.203 e. The lowest BCUT2D eigenvalue weighted by molar-refractivity contribution is 0.661. The van der Waals surface area contributed by atoms with E-state index in [-0.39, 0.29) is 5.92 Å². The van der Waals surface area contributed by atoms with E-state index < -0.39 is 9.66 Å². The fourth-order valence-electron chi connectivity index (χ4n) is 1.30. The van der Waals surface area contributed by atoms with E-state index in [1.165, 1.54) is 22.6 Å². The minimum atomic E-state index is -0.796. The first kappa shape index (κ1) is 11.6. The number of rotatable bonds is 2. The molecule has 0 radical (unpaired) electrons. The van der Waals surface area contributed by atoms with Crippen LogP contribution in [0.1, 0.15) is 30.9 Å². The summed E-state index contributed by atoms with van der Waals surface area (Å²) >= 11 is 1.35. The van der Waals surface area contributed by atoms with Gasteiger partial charge in [0, 0.05) is 5.56 Å². The molecule has 76 valence electrons. The zero-order valence-electron chi connectivity index (χ0n) is 8.02. The van der Waals surface area contributed by atoms with E-state index in [1.54, 1.807) is 12.1 Å². The third kappa shape index (κ3) is 2.53. The number of hydrogen-bond donors (Lipinski definition) is 0. The maximum absolute atomic E-state index is 13.4. The Hall–Kier alpha value is -0.450. The van der Waals surface area contributed by atoms with Crippen LogP contribution in [0, 0.1) is 0 Å². The number of halogens is 3. The lowest BCUT2D eigenvalue weighted by Crippen LogP contribution is -1.93. The van der Waals surface area contributed by atoms with Gasteiger partial charge in [0.1, 0.15) is 0 Å². The van der Waals surface area contributed by atoms with Gasteiger partial charge in [0.05, 0.1) is 0 Å². The van der Waals surface area contributed by atoms with Gasteiger partial charge in [0.25, 0.3) is 0 Å². The highest BCUT2D eigenvalue weighted by Gasteiger charge is 2.12. The first-order chi connectivity index (χ1) is 6.54. The Labute approximate surface area is 96.2 Å². The Morgan fingerprint density at radius 2 is 1.79 bits per heavy atom. The van der Waals surface area contributed by atoms with Crippen molar-refractivity contribution in [1.29, 1.82) is 0 Å². The molecule has 0 aromatic heterocycles. The molecule has 0 heterocycles. The highest BCUT2D eigenvalue weighted by molar-refractivity contribution is 14.1. The van der Waals surface area contributed by atoms with Gasteiger partial charge in [0.2, 0.25) is 0 Å². The molecule has 0 amide bonds. The minimum absolute atomic E-state index is 0.188. The molecule has 0 N–H and O–H groups in total. The molecule has 0 saturated heterocycles. The van der Waals surface area contributed by atoms with E-state index >= 15 is 0 Å². The summed E-state index contributed by atoms with van der Waals surface area (Å²) < 4.78 is 25.3. The molecule has 3 heteroatoms. The lowest BCUT2D eigenvalue weighted by atomic mass is 9.97. The normalized spacial score (nSPS) is 13.0. The van der Waals surface area contributed by atoms with Crippen LogP contribution in [0.4, 0.5) is 8.78 Å². The number of benzene rings is 1. The second-order valence-corrected chi connectivity index (χ2v) is 4.26. The van der Waals surface area contributed by atoms with Crippen LogP contribution in [0.3, 0.4) is 0 Å². The standard InChI is InChI=1S/C11H11F2I/c1-7(2)8-5-3-4-6-9(8)10(12)11(13)14/h3-7H,1-2H3/b11-10+. The van der Waals surface area contributed by atoms with Gasteiger partial charge in [-0.2, -0.15) is 4.39 Å². The summed E-state index contributed by atoms with van der Waals surface area (Å²) in [5, 5.41) is 0. The van der Waals surface area contributed by atoms with Crippen molar-refractivity contribution >= 4 is 28.4 Å². The summed E-state index contributed by atoms with van der Waals surface area (Å²) in [6, 6.07) is 6.96. The van der Waals surface area contributed by atoms with Crippen LogP contribution in [0.2, 0.25) is 0 Å². The Balaban J connectivity index is 3.28. The van der Waals surface area contributed by atoms with E-state index in [4.69, 9.17) is 0 Å². The van der Waals surface area contributed by atoms with Crippen LogP contribution in [-0.2, 0) is 0 Å². The van der Waals surface area contributed by atoms with Crippen molar-refractivity contribution in [3.63, 3.8) is 0 Å². The zero-order chi connectivity index (χ0) is 10.7. The van der Waals surface area contributed by atoms with Gasteiger partial charge < -0.3 is 0 Å². The van der Waals surface area contributed by atoms with Gasteiger partial charge >= 0.3 is 0 Å². The molecule has 0 fully saturated rings. The van der Waals surface area contributed by atoms with Gasteiger partial charge in [-0.05, 0) is 34.1 Å². The van der Waals surface area contributed by atoms with Crippen molar-refractivity contribution in [3.8, 4) is 0 Å². The molecule has 1 rings (SSSR count). The molecule has 0 spiro atoms. The third-order valence-corrected chi connectivity index (χ3v) is 2.46. The maximum Gasteiger partial charge on any atom is 0.196 e. The van der Waals surface area contributed by atoms with Gasteiger partial charge in [-0.1, -0.05) is 38.1 Å². The Morgan fingerprint density at radius 1 is 1.21 bits per heavy atom. The van der Waals surface area contributed by atoms with Crippen LogP contribution < -0.4 is 0 Å².